The van der Waals surface area contributed by atoms with Gasteiger partial charge in [0.15, 0.2) is 0 Å². The molecule has 2 amide bonds. The lowest BCUT2D eigenvalue weighted by Crippen LogP contribution is -2.73. The number of rotatable bonds is 10. The van der Waals surface area contributed by atoms with E-state index in [9.17, 15) is 14.7 Å². The zero-order valence-electron chi connectivity index (χ0n) is 24.6. The largest absolute Gasteiger partial charge is 0.439 e. The Hall–Kier alpha value is -2.39. The zero-order chi connectivity index (χ0) is 28.0. The van der Waals surface area contributed by atoms with E-state index in [0.29, 0.717) is 36.9 Å². The number of pyridine rings is 1. The van der Waals surface area contributed by atoms with Crippen molar-refractivity contribution < 1.29 is 19.4 Å². The Morgan fingerprint density at radius 3 is 2.31 bits per heavy atom. The van der Waals surface area contributed by atoms with E-state index < -0.39 is 5.54 Å². The molecule has 2 N–H and O–H groups in total. The minimum Gasteiger partial charge on any atom is -0.439 e. The third-order valence-corrected chi connectivity index (χ3v) is 9.05. The van der Waals surface area contributed by atoms with E-state index >= 15 is 0 Å². The van der Waals surface area contributed by atoms with Crippen LogP contribution in [-0.4, -0.2) is 62.9 Å². The van der Waals surface area contributed by atoms with Crippen LogP contribution < -0.4 is 10.1 Å². The SMILES string of the molecule is CCCCN1C(=O)[C@H](CC2CCCCC2)NC(=O)C12CCN(Cc1ccc(Oc3ccc(CO)cc3)nc1)CC2.Cl.Cl. The fourth-order valence-corrected chi connectivity index (χ4v) is 6.62. The molecule has 0 unspecified atom stereocenters. The highest BCUT2D eigenvalue weighted by Crippen LogP contribution is 2.36. The number of piperazine rings is 1. The molecule has 10 heteroatoms. The Labute approximate surface area is 262 Å². The van der Waals surface area contributed by atoms with Gasteiger partial charge in [-0.15, -0.1) is 24.8 Å². The second-order valence-electron chi connectivity index (χ2n) is 11.8. The molecule has 3 heterocycles. The smallest absolute Gasteiger partial charge is 0.246 e. The highest BCUT2D eigenvalue weighted by Gasteiger charge is 2.53. The number of piperidine rings is 1. The van der Waals surface area contributed by atoms with Gasteiger partial charge in [0.2, 0.25) is 17.7 Å². The monoisotopic (exact) mass is 620 g/mol. The van der Waals surface area contributed by atoms with Crippen molar-refractivity contribution in [3.8, 4) is 11.6 Å². The summed E-state index contributed by atoms with van der Waals surface area (Å²) in [7, 11) is 0. The first-order valence-electron chi connectivity index (χ1n) is 15.2. The van der Waals surface area contributed by atoms with Crippen molar-refractivity contribution in [2.75, 3.05) is 19.6 Å². The van der Waals surface area contributed by atoms with E-state index in [4.69, 9.17) is 4.74 Å². The molecule has 2 saturated heterocycles. The predicted octanol–water partition coefficient (Wildman–Crippen LogP) is 5.64. The van der Waals surface area contributed by atoms with Gasteiger partial charge in [-0.25, -0.2) is 4.98 Å². The van der Waals surface area contributed by atoms with Crippen molar-refractivity contribution in [3.05, 3.63) is 53.7 Å². The number of ether oxygens (including phenoxy) is 1. The quantitative estimate of drug-likeness (QED) is 0.357. The Kier molecular flexibility index (Phi) is 12.9. The summed E-state index contributed by atoms with van der Waals surface area (Å²) in [6.07, 6.45) is 12.0. The number of aromatic nitrogens is 1. The normalized spacial score (nSPS) is 20.9. The zero-order valence-corrected chi connectivity index (χ0v) is 26.3. The number of benzene rings is 1. The van der Waals surface area contributed by atoms with Crippen molar-refractivity contribution in [3.63, 3.8) is 0 Å². The van der Waals surface area contributed by atoms with Crippen LogP contribution in [0.1, 0.15) is 82.3 Å². The van der Waals surface area contributed by atoms with Crippen LogP contribution in [0.4, 0.5) is 0 Å². The molecule has 232 valence electrons. The average Bonchev–Trinajstić information content (AvgIpc) is 2.99. The van der Waals surface area contributed by atoms with Crippen molar-refractivity contribution in [1.29, 1.82) is 0 Å². The summed E-state index contributed by atoms with van der Waals surface area (Å²) in [5.74, 6) is 1.93. The summed E-state index contributed by atoms with van der Waals surface area (Å²) in [6, 6.07) is 10.8. The average molecular weight is 622 g/mol. The molecule has 2 aliphatic heterocycles. The summed E-state index contributed by atoms with van der Waals surface area (Å²) >= 11 is 0. The first-order chi connectivity index (χ1) is 19.5. The van der Waals surface area contributed by atoms with Gasteiger partial charge < -0.3 is 20.1 Å². The Morgan fingerprint density at radius 1 is 1.00 bits per heavy atom. The molecule has 3 aliphatic rings. The topological polar surface area (TPSA) is 95.0 Å². The number of nitrogens with zero attached hydrogens (tertiary/aromatic N) is 3. The maximum Gasteiger partial charge on any atom is 0.246 e. The Balaban J connectivity index is 0.00000242. The number of aliphatic hydroxyl groups is 1. The van der Waals surface area contributed by atoms with Crippen LogP contribution in [0, 0.1) is 5.92 Å². The number of hydrogen-bond acceptors (Lipinski definition) is 6. The maximum atomic E-state index is 13.8. The molecule has 3 fully saturated rings. The standard InChI is InChI=1S/C32H44N4O4.2ClH/c1-2-3-17-36-30(38)28(20-24-7-5-4-6-8-24)34-31(39)32(36)15-18-35(19-16-32)22-26-11-14-29(33-21-26)40-27-12-9-25(23-37)10-13-27;;/h9-14,21,24,28,37H,2-8,15-20,22-23H2,1H3,(H,34,39);2*1H/t28-;;/m0../s1. The fraction of sp³-hybridized carbons (Fsp3) is 0.594. The number of aliphatic hydroxyl groups excluding tert-OH is 1. The highest BCUT2D eigenvalue weighted by molar-refractivity contribution is 6.00. The first kappa shape index (κ1) is 34.1. The fourth-order valence-electron chi connectivity index (χ4n) is 6.62. The predicted molar refractivity (Wildman–Crippen MR) is 168 cm³/mol. The molecular weight excluding hydrogens is 575 g/mol. The van der Waals surface area contributed by atoms with Crippen molar-refractivity contribution in [1.82, 2.24) is 20.1 Å². The summed E-state index contributed by atoms with van der Waals surface area (Å²) in [6.45, 7) is 5.06. The van der Waals surface area contributed by atoms with E-state index in [2.05, 4.69) is 22.1 Å². The van der Waals surface area contributed by atoms with Gasteiger partial charge in [-0.2, -0.15) is 0 Å². The summed E-state index contributed by atoms with van der Waals surface area (Å²) in [5.41, 5.74) is 1.19. The Morgan fingerprint density at radius 2 is 1.69 bits per heavy atom. The molecule has 1 aromatic carbocycles. The van der Waals surface area contributed by atoms with Crippen LogP contribution in [0.3, 0.4) is 0 Å². The van der Waals surface area contributed by atoms with Gasteiger partial charge in [0.05, 0.1) is 6.61 Å². The van der Waals surface area contributed by atoms with Gasteiger partial charge in [0, 0.05) is 38.4 Å². The van der Waals surface area contributed by atoms with E-state index in [1.807, 2.05) is 47.5 Å². The number of hydrogen-bond donors (Lipinski definition) is 2. The van der Waals surface area contributed by atoms with Gasteiger partial charge >= 0.3 is 0 Å². The van der Waals surface area contributed by atoms with E-state index in [-0.39, 0.29) is 49.3 Å². The molecule has 1 aliphatic carbocycles. The van der Waals surface area contributed by atoms with Gasteiger partial charge in [-0.1, -0.05) is 63.6 Å². The molecule has 1 atom stereocenters. The lowest BCUT2D eigenvalue weighted by molar-refractivity contribution is -0.162. The minimum absolute atomic E-state index is 0. The third-order valence-electron chi connectivity index (χ3n) is 9.05. The van der Waals surface area contributed by atoms with E-state index in [1.54, 1.807) is 0 Å². The molecular formula is C32H46Cl2N4O4. The number of halogens is 2. The van der Waals surface area contributed by atoms with Gasteiger partial charge in [-0.05, 0) is 54.9 Å². The van der Waals surface area contributed by atoms with Crippen molar-refractivity contribution in [2.24, 2.45) is 5.92 Å². The molecule has 1 saturated carbocycles. The number of amides is 2. The second-order valence-corrected chi connectivity index (χ2v) is 11.8. The molecule has 8 nitrogen and oxygen atoms in total. The number of carbonyl (C=O) groups excluding carboxylic acids is 2. The van der Waals surface area contributed by atoms with E-state index in [1.165, 1.54) is 32.1 Å². The number of carbonyl (C=O) groups is 2. The number of likely N-dealkylation sites (tertiary alicyclic amines) is 1. The lowest BCUT2D eigenvalue weighted by Gasteiger charge is -2.52. The van der Waals surface area contributed by atoms with Crippen molar-refractivity contribution >= 4 is 36.6 Å². The van der Waals surface area contributed by atoms with Gasteiger partial charge in [0.1, 0.15) is 17.3 Å². The molecule has 42 heavy (non-hydrogen) atoms. The summed E-state index contributed by atoms with van der Waals surface area (Å²) in [5, 5.41) is 12.4. The minimum atomic E-state index is -0.729. The number of unbranched alkanes of at least 4 members (excludes halogenated alkanes) is 1. The van der Waals surface area contributed by atoms with Crippen LogP contribution in [0.25, 0.3) is 0 Å². The second kappa shape index (κ2) is 15.9. The molecule has 2 aromatic rings. The molecule has 1 spiro atoms. The van der Waals surface area contributed by atoms with Gasteiger partial charge in [0.25, 0.3) is 0 Å². The summed E-state index contributed by atoms with van der Waals surface area (Å²) < 4.78 is 5.83. The number of nitrogens with one attached hydrogen (secondary N) is 1. The third kappa shape index (κ3) is 7.95. The van der Waals surface area contributed by atoms with Gasteiger partial charge in [-0.3, -0.25) is 14.5 Å². The highest BCUT2D eigenvalue weighted by atomic mass is 35.5. The van der Waals surface area contributed by atoms with Crippen LogP contribution in [0.15, 0.2) is 42.6 Å². The maximum absolute atomic E-state index is 13.8. The van der Waals surface area contributed by atoms with Crippen LogP contribution in [-0.2, 0) is 22.7 Å². The lowest BCUT2D eigenvalue weighted by atomic mass is 9.79. The Bertz CT molecular complexity index is 1130. The molecule has 5 rings (SSSR count). The first-order valence-corrected chi connectivity index (χ1v) is 15.2. The molecule has 0 bridgehead atoms. The molecule has 1 aromatic heterocycles. The molecule has 0 radical (unpaired) electrons. The van der Waals surface area contributed by atoms with Crippen LogP contribution >= 0.6 is 24.8 Å². The van der Waals surface area contributed by atoms with E-state index in [0.717, 1.165) is 50.0 Å². The summed E-state index contributed by atoms with van der Waals surface area (Å²) in [4.78, 5) is 36.2. The van der Waals surface area contributed by atoms with Crippen molar-refractivity contribution in [2.45, 2.75) is 95.9 Å². The van der Waals surface area contributed by atoms with Crippen LogP contribution in [0.2, 0.25) is 0 Å². The van der Waals surface area contributed by atoms with Crippen LogP contribution in [0.5, 0.6) is 11.6 Å².